The Labute approximate surface area is 446 Å². The number of carbonyl (C=O) groups excluding carboxylic acids is 4. The van der Waals surface area contributed by atoms with Crippen LogP contribution in [0.5, 0.6) is 23.3 Å². The van der Waals surface area contributed by atoms with Crippen LogP contribution in [0.15, 0.2) is 97.3 Å². The summed E-state index contributed by atoms with van der Waals surface area (Å²) in [5.74, 6) is -2.98. The maximum Gasteiger partial charge on any atom is 0.321 e. The third kappa shape index (κ3) is 13.2. The Morgan fingerprint density at radius 2 is 0.974 bits per heavy atom. The molecule has 4 aromatic heterocycles. The van der Waals surface area contributed by atoms with Gasteiger partial charge in [-0.1, -0.05) is 64.1 Å². The summed E-state index contributed by atoms with van der Waals surface area (Å²) in [5.41, 5.74) is 6.36. The highest BCUT2D eigenvalue weighted by atomic mass is 19.1. The largest absolute Gasteiger partial charge is 0.435 e. The predicted molar refractivity (Wildman–Crippen MR) is 286 cm³/mol. The summed E-state index contributed by atoms with van der Waals surface area (Å²) in [4.78, 5) is 69.0. The minimum absolute atomic E-state index is 0.0248. The molecule has 2 aliphatic carbocycles. The molecule has 0 bridgehead atoms. The highest BCUT2D eigenvalue weighted by Crippen LogP contribution is 2.54. The monoisotopic (exact) mass is 1050 g/mol. The molecule has 2 aromatic carbocycles. The Morgan fingerprint density at radius 3 is 1.34 bits per heavy atom. The zero-order valence-electron chi connectivity index (χ0n) is 44.8. The molecule has 6 amide bonds. The summed E-state index contributed by atoms with van der Waals surface area (Å²) in [6.07, 6.45) is 7.91. The number of hydrogen-bond acceptors (Lipinski definition) is 12. The van der Waals surface area contributed by atoms with Crippen molar-refractivity contribution in [2.45, 2.75) is 130 Å². The van der Waals surface area contributed by atoms with Crippen LogP contribution in [0.4, 0.5) is 28.6 Å². The second kappa shape index (κ2) is 21.6. The van der Waals surface area contributed by atoms with Crippen LogP contribution in [0.2, 0.25) is 0 Å². The van der Waals surface area contributed by atoms with Crippen molar-refractivity contribution < 1.29 is 41.8 Å². The molecule has 0 unspecified atom stereocenters. The minimum atomic E-state index is -1.20. The molecular formula is C58H65F3N10O6. The first-order valence-corrected chi connectivity index (χ1v) is 25.5. The Morgan fingerprint density at radius 1 is 0.545 bits per heavy atom. The number of aromatic nitrogens is 4. The highest BCUT2D eigenvalue weighted by Gasteiger charge is 2.47. The van der Waals surface area contributed by atoms with Gasteiger partial charge in [-0.25, -0.2) is 38.3 Å². The van der Waals surface area contributed by atoms with Gasteiger partial charge in [-0.15, -0.1) is 0 Å². The first kappa shape index (κ1) is 55.3. The number of nitrogens with zero attached hydrogens (tertiary/aromatic N) is 4. The zero-order valence-corrected chi connectivity index (χ0v) is 44.8. The number of nitrogens with two attached hydrogens (primary N) is 1. The van der Waals surface area contributed by atoms with Gasteiger partial charge in [0.2, 0.25) is 29.5 Å². The lowest BCUT2D eigenvalue weighted by Crippen LogP contribution is -2.52. The third-order valence-corrected chi connectivity index (χ3v) is 13.1. The molecule has 19 heteroatoms. The summed E-state index contributed by atoms with van der Waals surface area (Å²) in [7, 11) is 0. The van der Waals surface area contributed by atoms with Crippen molar-refractivity contribution in [3.8, 4) is 45.8 Å². The average Bonchev–Trinajstić information content (AvgIpc) is 4.31. The number of nitrogens with one attached hydrogen (secondary N) is 5. The molecule has 10 rings (SSSR count). The maximum atomic E-state index is 15.0. The van der Waals surface area contributed by atoms with Crippen LogP contribution in [0.3, 0.4) is 0 Å². The smallest absolute Gasteiger partial charge is 0.321 e. The van der Waals surface area contributed by atoms with Gasteiger partial charge in [0.05, 0.1) is 22.2 Å². The average molecular weight is 1060 g/mol. The number of anilines is 1. The Kier molecular flexibility index (Phi) is 15.5. The van der Waals surface area contributed by atoms with Crippen molar-refractivity contribution in [3.05, 3.63) is 137 Å². The van der Waals surface area contributed by atoms with E-state index in [1.165, 1.54) is 43.3 Å². The van der Waals surface area contributed by atoms with Crippen LogP contribution in [0.25, 0.3) is 22.5 Å². The highest BCUT2D eigenvalue weighted by molar-refractivity contribution is 5.99. The fourth-order valence-corrected chi connectivity index (χ4v) is 8.86. The van der Waals surface area contributed by atoms with Crippen LogP contribution in [-0.4, -0.2) is 67.0 Å². The number of fused-ring (bicyclic) bond motifs is 4. The zero-order chi connectivity index (χ0) is 55.8. The third-order valence-electron chi connectivity index (χ3n) is 13.1. The Bertz CT molecular complexity index is 3200. The predicted octanol–water partition coefficient (Wildman–Crippen LogP) is 11.2. The van der Waals surface area contributed by atoms with Crippen molar-refractivity contribution >= 4 is 29.7 Å². The fourth-order valence-electron chi connectivity index (χ4n) is 8.86. The lowest BCUT2D eigenvalue weighted by atomic mass is 9.69. The molecule has 6 aromatic rings. The summed E-state index contributed by atoms with van der Waals surface area (Å²) < 4.78 is 54.9. The molecule has 2 aliphatic heterocycles. The van der Waals surface area contributed by atoms with Crippen molar-refractivity contribution in [2.24, 2.45) is 16.6 Å². The van der Waals surface area contributed by atoms with E-state index in [-0.39, 0.29) is 23.3 Å². The Balaban J connectivity index is 0.000000190. The molecule has 0 radical (unpaired) electrons. The maximum absolute atomic E-state index is 15.0. The van der Waals surface area contributed by atoms with Crippen LogP contribution < -0.4 is 41.8 Å². The van der Waals surface area contributed by atoms with E-state index in [1.54, 1.807) is 91.1 Å². The minimum Gasteiger partial charge on any atom is -0.435 e. The van der Waals surface area contributed by atoms with E-state index in [9.17, 15) is 32.3 Å². The molecule has 2 fully saturated rings. The molecule has 7 N–H and O–H groups in total. The van der Waals surface area contributed by atoms with Gasteiger partial charge < -0.3 is 31.2 Å². The first-order valence-electron chi connectivity index (χ1n) is 25.5. The topological polar surface area (TPSA) is 224 Å². The van der Waals surface area contributed by atoms with Gasteiger partial charge in [0.25, 0.3) is 0 Å². The van der Waals surface area contributed by atoms with Crippen LogP contribution in [0, 0.1) is 28.4 Å². The van der Waals surface area contributed by atoms with Crippen LogP contribution >= 0.6 is 0 Å². The molecule has 0 saturated heterocycles. The number of rotatable bonds is 8. The van der Waals surface area contributed by atoms with Gasteiger partial charge in [0, 0.05) is 80.8 Å². The number of pyridine rings is 4. The number of ether oxygens (including phenoxy) is 2. The first-order chi connectivity index (χ1) is 36.2. The van der Waals surface area contributed by atoms with E-state index >= 15 is 0 Å². The molecule has 16 nitrogen and oxygen atoms in total. The summed E-state index contributed by atoms with van der Waals surface area (Å²) in [6, 6.07) is 22.7. The molecule has 6 heterocycles. The fraction of sp³-hybridized carbons (Fsp3) is 0.379. The lowest BCUT2D eigenvalue weighted by Gasteiger charge is -2.37. The lowest BCUT2D eigenvalue weighted by molar-refractivity contribution is -0.129. The number of benzene rings is 2. The van der Waals surface area contributed by atoms with Crippen molar-refractivity contribution in [2.75, 3.05) is 5.32 Å². The standard InChI is InChI=1S/C29H32FN5O3.C26H26F2N4O3.C3H7N/c1-28(2,3)35-27(37)34-26(36)29(4,5)23-18-7-6-8-20(30)24(18)38-25-19(23)12-13-21(33-25)16-9-14-22(31-15-16)32-17-10-11-17;1-25(2,3)32-24(34)31-23(33)26(4,5)20-15-7-6-8-17(27)21(15)35-22-16(20)10-11-18(30-22)14-9-12-19(28)29-13-14;4-3-1-2-3/h6-9,12-15,17,23H,10-11H2,1-5H3,(H,31,32)(H2,34,35,36,37);6-13,20H,1-5H3,(H2,31,32,33,34);3H,1-2,4H2/t23-;20-;/m00./s1. The van der Waals surface area contributed by atoms with Crippen LogP contribution in [-0.2, 0) is 9.59 Å². The number of halogens is 3. The van der Waals surface area contributed by atoms with Crippen molar-refractivity contribution in [1.29, 1.82) is 0 Å². The van der Waals surface area contributed by atoms with E-state index in [1.807, 2.05) is 45.0 Å². The number of carbonyl (C=O) groups is 4. The van der Waals surface area contributed by atoms with E-state index in [0.29, 0.717) is 51.3 Å². The molecule has 4 aliphatic rings. The van der Waals surface area contributed by atoms with Gasteiger partial charge in [-0.05, 0) is 116 Å². The van der Waals surface area contributed by atoms with E-state index in [0.717, 1.165) is 24.2 Å². The van der Waals surface area contributed by atoms with E-state index < -0.39 is 75.2 Å². The summed E-state index contributed by atoms with van der Waals surface area (Å²) >= 11 is 0. The number of urea groups is 2. The van der Waals surface area contributed by atoms with E-state index in [2.05, 4.69) is 41.5 Å². The molecular weight excluding hydrogens is 990 g/mol. The Hall–Kier alpha value is -7.93. The van der Waals surface area contributed by atoms with Gasteiger partial charge in [0.1, 0.15) is 5.82 Å². The second-order valence-corrected chi connectivity index (χ2v) is 22.9. The molecule has 0 spiro atoms. The van der Waals surface area contributed by atoms with Crippen LogP contribution in [0.1, 0.15) is 129 Å². The normalized spacial score (nSPS) is 16.3. The summed E-state index contributed by atoms with van der Waals surface area (Å²) in [6.45, 7) is 17.7. The summed E-state index contributed by atoms with van der Waals surface area (Å²) in [5, 5.41) is 13.7. The van der Waals surface area contributed by atoms with Gasteiger partial charge in [-0.2, -0.15) is 4.39 Å². The molecule has 2 saturated carbocycles. The van der Waals surface area contributed by atoms with Gasteiger partial charge in [0.15, 0.2) is 23.1 Å². The second-order valence-electron chi connectivity index (χ2n) is 22.9. The molecule has 2 atom stereocenters. The number of para-hydroxylation sites is 2. The number of hydrogen-bond donors (Lipinski definition) is 6. The van der Waals surface area contributed by atoms with Gasteiger partial charge in [-0.3, -0.25) is 20.2 Å². The molecule has 404 valence electrons. The van der Waals surface area contributed by atoms with Crippen molar-refractivity contribution in [1.82, 2.24) is 41.2 Å². The van der Waals surface area contributed by atoms with Crippen molar-refractivity contribution in [3.63, 3.8) is 0 Å². The quantitative estimate of drug-likeness (QED) is 0.0783. The SMILES string of the molecule is CC(C)(C)NC(=O)NC(=O)C(C)(C)[C@@H]1c2ccc(-c3ccc(F)nc3)nc2Oc2c(F)cccc21.CC(C)(C)NC(=O)NC(=O)C(C)(C)[C@@H]1c2ccc(-c3ccc(NC4CC4)nc3)nc2Oc2c(F)cccc21.NC1CC1. The number of amides is 6. The van der Waals surface area contributed by atoms with Gasteiger partial charge >= 0.3 is 12.1 Å². The molecule has 77 heavy (non-hydrogen) atoms. The van der Waals surface area contributed by atoms with E-state index in [4.69, 9.17) is 20.2 Å². The number of imide groups is 2.